The summed E-state index contributed by atoms with van der Waals surface area (Å²) in [5, 5.41) is 12.2. The van der Waals surface area contributed by atoms with E-state index < -0.39 is 5.97 Å². The van der Waals surface area contributed by atoms with E-state index in [-0.39, 0.29) is 24.5 Å². The Kier molecular flexibility index (Phi) is 5.99. The van der Waals surface area contributed by atoms with Crippen molar-refractivity contribution in [3.8, 4) is 0 Å². The fourth-order valence-electron chi connectivity index (χ4n) is 3.37. The largest absolute Gasteiger partial charge is 0.480 e. The lowest BCUT2D eigenvalue weighted by atomic mass is 10.0. The number of hydrogen-bond donors (Lipinski definition) is 2. The molecule has 2 saturated heterocycles. The van der Waals surface area contributed by atoms with Gasteiger partial charge in [-0.05, 0) is 45.7 Å². The summed E-state index contributed by atoms with van der Waals surface area (Å²) < 4.78 is 0. The summed E-state index contributed by atoms with van der Waals surface area (Å²) in [4.78, 5) is 27.2. The number of piperidine rings is 1. The van der Waals surface area contributed by atoms with Crippen molar-refractivity contribution in [3.63, 3.8) is 0 Å². The minimum Gasteiger partial charge on any atom is -0.480 e. The number of carboxylic acids is 1. The van der Waals surface area contributed by atoms with Gasteiger partial charge in [0, 0.05) is 19.1 Å². The van der Waals surface area contributed by atoms with Gasteiger partial charge in [-0.2, -0.15) is 0 Å². The van der Waals surface area contributed by atoms with E-state index in [1.165, 1.54) is 0 Å². The van der Waals surface area contributed by atoms with Crippen molar-refractivity contribution in [3.05, 3.63) is 0 Å². The van der Waals surface area contributed by atoms with Crippen LogP contribution in [0.25, 0.3) is 0 Å². The zero-order chi connectivity index (χ0) is 15.2. The van der Waals surface area contributed by atoms with Gasteiger partial charge in [-0.15, -0.1) is 0 Å². The van der Waals surface area contributed by atoms with E-state index >= 15 is 0 Å². The van der Waals surface area contributed by atoms with Crippen LogP contribution in [0.5, 0.6) is 0 Å². The monoisotopic (exact) mass is 297 g/mol. The summed E-state index contributed by atoms with van der Waals surface area (Å²) in [6.07, 6.45) is 6.01. The molecule has 1 amide bonds. The highest BCUT2D eigenvalue weighted by Crippen LogP contribution is 2.18. The van der Waals surface area contributed by atoms with Gasteiger partial charge in [0.25, 0.3) is 0 Å². The van der Waals surface area contributed by atoms with E-state index in [9.17, 15) is 9.59 Å². The highest BCUT2D eigenvalue weighted by atomic mass is 16.4. The molecule has 0 bridgehead atoms. The van der Waals surface area contributed by atoms with Crippen molar-refractivity contribution in [2.24, 2.45) is 0 Å². The summed E-state index contributed by atoms with van der Waals surface area (Å²) in [7, 11) is 1.86. The van der Waals surface area contributed by atoms with E-state index in [2.05, 4.69) is 5.32 Å². The number of aliphatic carboxylic acids is 1. The Bertz CT molecular complexity index is 369. The Hall–Kier alpha value is -1.14. The Morgan fingerprint density at radius 1 is 1.19 bits per heavy atom. The molecule has 120 valence electrons. The van der Waals surface area contributed by atoms with Gasteiger partial charge in [0.1, 0.15) is 0 Å². The van der Waals surface area contributed by atoms with Gasteiger partial charge in [0.2, 0.25) is 5.91 Å². The van der Waals surface area contributed by atoms with E-state index in [1.807, 2.05) is 16.8 Å². The van der Waals surface area contributed by atoms with E-state index in [4.69, 9.17) is 5.11 Å². The number of likely N-dealkylation sites (N-methyl/N-ethyl adjacent to an activating group) is 1. The molecular formula is C15H27N3O3. The second kappa shape index (κ2) is 7.75. The Morgan fingerprint density at radius 3 is 2.67 bits per heavy atom. The van der Waals surface area contributed by atoms with Crippen LogP contribution in [0.3, 0.4) is 0 Å². The lowest BCUT2D eigenvalue weighted by Crippen LogP contribution is -2.49. The van der Waals surface area contributed by atoms with Crippen molar-refractivity contribution in [2.45, 2.75) is 50.6 Å². The summed E-state index contributed by atoms with van der Waals surface area (Å²) in [5.41, 5.74) is 0. The smallest absolute Gasteiger partial charge is 0.317 e. The molecule has 21 heavy (non-hydrogen) atoms. The minimum atomic E-state index is -0.791. The lowest BCUT2D eigenvalue weighted by Gasteiger charge is -2.29. The Labute approximate surface area is 126 Å². The van der Waals surface area contributed by atoms with E-state index in [1.54, 1.807) is 0 Å². The molecule has 2 N–H and O–H groups in total. The maximum Gasteiger partial charge on any atom is 0.317 e. The van der Waals surface area contributed by atoms with Crippen LogP contribution in [0.2, 0.25) is 0 Å². The molecule has 0 aromatic heterocycles. The first-order valence-electron chi connectivity index (χ1n) is 8.02. The van der Waals surface area contributed by atoms with Crippen molar-refractivity contribution in [1.82, 2.24) is 15.1 Å². The molecule has 6 heteroatoms. The number of amides is 1. The Morgan fingerprint density at radius 2 is 2.00 bits per heavy atom. The zero-order valence-corrected chi connectivity index (χ0v) is 12.9. The van der Waals surface area contributed by atoms with Crippen LogP contribution in [-0.4, -0.2) is 72.1 Å². The summed E-state index contributed by atoms with van der Waals surface area (Å²) >= 11 is 0. The van der Waals surface area contributed by atoms with Gasteiger partial charge in [-0.3, -0.25) is 14.5 Å². The van der Waals surface area contributed by atoms with Crippen molar-refractivity contribution in [1.29, 1.82) is 0 Å². The molecular weight excluding hydrogens is 270 g/mol. The molecule has 0 aliphatic carbocycles. The van der Waals surface area contributed by atoms with Crippen molar-refractivity contribution in [2.75, 3.05) is 33.2 Å². The lowest BCUT2D eigenvalue weighted by molar-refractivity contribution is -0.138. The van der Waals surface area contributed by atoms with Crippen LogP contribution in [0.4, 0.5) is 0 Å². The molecule has 0 aromatic carbocycles. The average molecular weight is 297 g/mol. The number of carboxylic acid groups (broad SMARTS) is 1. The van der Waals surface area contributed by atoms with Crippen LogP contribution in [0, 0.1) is 0 Å². The molecule has 0 aromatic rings. The molecule has 2 aliphatic rings. The summed E-state index contributed by atoms with van der Waals surface area (Å²) in [6, 6.07) is 0.255. The maximum atomic E-state index is 12.5. The summed E-state index contributed by atoms with van der Waals surface area (Å²) in [5.74, 6) is -0.558. The van der Waals surface area contributed by atoms with E-state index in [0.29, 0.717) is 0 Å². The highest BCUT2D eigenvalue weighted by Gasteiger charge is 2.28. The molecule has 2 fully saturated rings. The quantitative estimate of drug-likeness (QED) is 0.792. The third-order valence-corrected chi connectivity index (χ3v) is 4.63. The molecule has 2 unspecified atom stereocenters. The first kappa shape index (κ1) is 16.2. The number of nitrogens with one attached hydrogen (secondary N) is 1. The average Bonchev–Trinajstić information content (AvgIpc) is 2.72. The number of carbonyl (C=O) groups is 2. The van der Waals surface area contributed by atoms with Gasteiger partial charge in [-0.1, -0.05) is 6.42 Å². The molecule has 2 heterocycles. The zero-order valence-electron chi connectivity index (χ0n) is 12.9. The molecule has 6 nitrogen and oxygen atoms in total. The first-order valence-corrected chi connectivity index (χ1v) is 8.02. The van der Waals surface area contributed by atoms with E-state index in [0.717, 1.165) is 58.2 Å². The maximum absolute atomic E-state index is 12.5. The third kappa shape index (κ3) is 4.68. The fraction of sp³-hybridized carbons (Fsp3) is 0.867. The van der Waals surface area contributed by atoms with Gasteiger partial charge >= 0.3 is 5.97 Å². The predicted molar refractivity (Wildman–Crippen MR) is 80.1 cm³/mol. The van der Waals surface area contributed by atoms with Crippen LogP contribution < -0.4 is 5.32 Å². The molecule has 0 radical (unpaired) electrons. The highest BCUT2D eigenvalue weighted by molar-refractivity contribution is 5.82. The Balaban J connectivity index is 1.85. The van der Waals surface area contributed by atoms with Crippen LogP contribution >= 0.6 is 0 Å². The standard InChI is InChI=1S/C15H27N3O3/c1-17(11-14(19)20)12-5-4-9-18(10-7-12)15(21)13-6-2-3-8-16-13/h12-13,16H,2-11H2,1H3,(H,19,20). The normalized spacial score (nSPS) is 27.4. The van der Waals surface area contributed by atoms with Crippen molar-refractivity contribution < 1.29 is 14.7 Å². The molecule has 2 atom stereocenters. The number of likely N-dealkylation sites (tertiary alicyclic amines) is 1. The number of nitrogens with zero attached hydrogens (tertiary/aromatic N) is 2. The van der Waals surface area contributed by atoms with Crippen LogP contribution in [-0.2, 0) is 9.59 Å². The molecule has 0 spiro atoms. The van der Waals surface area contributed by atoms with Gasteiger partial charge < -0.3 is 15.3 Å². The van der Waals surface area contributed by atoms with Crippen LogP contribution in [0.15, 0.2) is 0 Å². The third-order valence-electron chi connectivity index (χ3n) is 4.63. The van der Waals surface area contributed by atoms with Crippen LogP contribution in [0.1, 0.15) is 38.5 Å². The number of carbonyl (C=O) groups excluding carboxylic acids is 1. The second-order valence-electron chi connectivity index (χ2n) is 6.22. The number of hydrogen-bond acceptors (Lipinski definition) is 4. The topological polar surface area (TPSA) is 72.9 Å². The number of rotatable bonds is 4. The second-order valence-corrected chi connectivity index (χ2v) is 6.22. The molecule has 2 rings (SSSR count). The first-order chi connectivity index (χ1) is 10.1. The summed E-state index contributed by atoms with van der Waals surface area (Å²) in [6.45, 7) is 2.55. The predicted octanol–water partition coefficient (Wildman–Crippen LogP) is 0.526. The van der Waals surface area contributed by atoms with Gasteiger partial charge in [0.05, 0.1) is 12.6 Å². The minimum absolute atomic E-state index is 0.00736. The van der Waals surface area contributed by atoms with Crippen molar-refractivity contribution >= 4 is 11.9 Å². The van der Waals surface area contributed by atoms with Gasteiger partial charge in [-0.25, -0.2) is 0 Å². The SMILES string of the molecule is CN(CC(=O)O)C1CCCN(C(=O)C2CCCCN2)CC1. The molecule has 0 saturated carbocycles. The van der Waals surface area contributed by atoms with Gasteiger partial charge in [0.15, 0.2) is 0 Å². The molecule has 2 aliphatic heterocycles. The fourth-order valence-corrected chi connectivity index (χ4v) is 3.37.